The first kappa shape index (κ1) is 17.9. The highest BCUT2D eigenvalue weighted by Gasteiger charge is 2.72. The van der Waals surface area contributed by atoms with Crippen LogP contribution in [-0.2, 0) is 16.3 Å². The molecule has 0 radical (unpaired) electrons. The smallest absolute Gasteiger partial charge is 0.183 e. The van der Waals surface area contributed by atoms with E-state index in [1.54, 1.807) is 0 Å². The number of nitrogens with zero attached hydrogens (tertiary/aromatic N) is 1. The minimum Gasteiger partial charge on any atom is -0.395 e. The second-order valence-electron chi connectivity index (χ2n) is 6.30. The first-order chi connectivity index (χ1) is 11.9. The fourth-order valence-electron chi connectivity index (χ4n) is 3.42. The lowest BCUT2D eigenvalue weighted by Gasteiger charge is -2.06. The van der Waals surface area contributed by atoms with E-state index in [2.05, 4.69) is 6.07 Å². The van der Waals surface area contributed by atoms with E-state index in [0.717, 1.165) is 17.5 Å². The van der Waals surface area contributed by atoms with Crippen LogP contribution in [-0.4, -0.2) is 25.4 Å². The van der Waals surface area contributed by atoms with Gasteiger partial charge in [0.2, 0.25) is 0 Å². The molecule has 1 aliphatic carbocycles. The van der Waals surface area contributed by atoms with E-state index in [4.69, 9.17) is 11.6 Å². The van der Waals surface area contributed by atoms with Crippen LogP contribution in [0.2, 0.25) is 5.02 Å². The molecule has 0 bridgehead atoms. The van der Waals surface area contributed by atoms with Crippen LogP contribution >= 0.6 is 11.6 Å². The van der Waals surface area contributed by atoms with Crippen molar-refractivity contribution in [3.63, 3.8) is 0 Å². The van der Waals surface area contributed by atoms with Gasteiger partial charge in [-0.15, -0.1) is 0 Å². The van der Waals surface area contributed by atoms with Crippen LogP contribution in [0.25, 0.3) is 0 Å². The van der Waals surface area contributed by atoms with Crippen LogP contribution < -0.4 is 0 Å². The number of benzene rings is 2. The van der Waals surface area contributed by atoms with Crippen LogP contribution in [0.5, 0.6) is 0 Å². The molecule has 1 fully saturated rings. The zero-order chi connectivity index (χ0) is 18.2. The van der Waals surface area contributed by atoms with E-state index >= 15 is 0 Å². The summed E-state index contributed by atoms with van der Waals surface area (Å²) in [5.41, 5.74) is 0.579. The van der Waals surface area contributed by atoms with Gasteiger partial charge in [-0.25, -0.2) is 8.42 Å². The molecule has 0 amide bonds. The van der Waals surface area contributed by atoms with Crippen molar-refractivity contribution < 1.29 is 13.5 Å². The Morgan fingerprint density at radius 3 is 2.24 bits per heavy atom. The van der Waals surface area contributed by atoms with Gasteiger partial charge in [-0.3, -0.25) is 0 Å². The third-order valence-corrected chi connectivity index (χ3v) is 7.49. The summed E-state index contributed by atoms with van der Waals surface area (Å²) in [6.45, 7) is 1.54. The third kappa shape index (κ3) is 2.85. The minimum absolute atomic E-state index is 0.114. The van der Waals surface area contributed by atoms with Crippen molar-refractivity contribution in [2.75, 3.05) is 6.61 Å². The van der Waals surface area contributed by atoms with Crippen LogP contribution in [0.1, 0.15) is 24.0 Å². The maximum absolute atomic E-state index is 13.0. The molecule has 0 unspecified atom stereocenters. The van der Waals surface area contributed by atoms with Crippen molar-refractivity contribution in [1.29, 1.82) is 5.26 Å². The highest BCUT2D eigenvalue weighted by atomic mass is 35.5. The van der Waals surface area contributed by atoms with Crippen LogP contribution in [0, 0.1) is 16.7 Å². The molecule has 0 aliphatic heterocycles. The minimum atomic E-state index is -3.77. The molecule has 2 aromatic rings. The first-order valence-corrected chi connectivity index (χ1v) is 9.93. The largest absolute Gasteiger partial charge is 0.395 e. The molecule has 0 saturated heterocycles. The third-order valence-electron chi connectivity index (χ3n) is 4.95. The second kappa shape index (κ2) is 6.45. The van der Waals surface area contributed by atoms with Gasteiger partial charge < -0.3 is 5.11 Å². The summed E-state index contributed by atoms with van der Waals surface area (Å²) < 4.78 is 26.1. The number of aryl methyl sites for hydroxylation is 1. The van der Waals surface area contributed by atoms with Gasteiger partial charge in [-0.2, -0.15) is 5.26 Å². The number of sulfone groups is 1. The fraction of sp³-hybridized carbons (Fsp3) is 0.316. The van der Waals surface area contributed by atoms with Gasteiger partial charge in [0, 0.05) is 10.9 Å². The molecule has 0 heterocycles. The van der Waals surface area contributed by atoms with Crippen molar-refractivity contribution >= 4 is 21.4 Å². The Hall–Kier alpha value is -1.87. The van der Waals surface area contributed by atoms with Gasteiger partial charge in [0.1, 0.15) is 5.41 Å². The fourth-order valence-corrected chi connectivity index (χ4v) is 5.86. The molecule has 0 aromatic heterocycles. The molecular weight excluding hydrogens is 358 g/mol. The van der Waals surface area contributed by atoms with Crippen LogP contribution in [0.15, 0.2) is 53.4 Å². The topological polar surface area (TPSA) is 78.2 Å². The Morgan fingerprint density at radius 2 is 1.76 bits per heavy atom. The van der Waals surface area contributed by atoms with E-state index < -0.39 is 33.0 Å². The summed E-state index contributed by atoms with van der Waals surface area (Å²) >= 11 is 5.83. The number of rotatable bonds is 5. The van der Waals surface area contributed by atoms with Crippen molar-refractivity contribution in [3.8, 4) is 6.07 Å². The number of hydrogen-bond donors (Lipinski definition) is 1. The summed E-state index contributed by atoms with van der Waals surface area (Å²) in [4.78, 5) is 0.114. The molecule has 1 aliphatic rings. The number of aliphatic hydroxyl groups is 1. The van der Waals surface area contributed by atoms with Crippen LogP contribution in [0.3, 0.4) is 0 Å². The van der Waals surface area contributed by atoms with Crippen molar-refractivity contribution in [2.45, 2.75) is 29.4 Å². The Balaban J connectivity index is 2.04. The summed E-state index contributed by atoms with van der Waals surface area (Å²) in [6.07, 6.45) is 0.876. The van der Waals surface area contributed by atoms with Gasteiger partial charge >= 0.3 is 0 Å². The molecule has 4 nitrogen and oxygen atoms in total. The number of hydrogen-bond acceptors (Lipinski definition) is 4. The highest BCUT2D eigenvalue weighted by molar-refractivity contribution is 7.92. The average Bonchev–Trinajstić information content (AvgIpc) is 3.33. The summed E-state index contributed by atoms with van der Waals surface area (Å²) in [7, 11) is -3.77. The van der Waals surface area contributed by atoms with Gasteiger partial charge in [0.25, 0.3) is 0 Å². The molecule has 130 valence electrons. The molecule has 1 saturated carbocycles. The van der Waals surface area contributed by atoms with Gasteiger partial charge in [-0.05, 0) is 41.8 Å². The van der Waals surface area contributed by atoms with Crippen molar-refractivity contribution in [1.82, 2.24) is 0 Å². The molecule has 1 N–H and O–H groups in total. The Labute approximate surface area is 152 Å². The lowest BCUT2D eigenvalue weighted by Crippen LogP contribution is -2.18. The molecule has 0 spiro atoms. The number of halogens is 1. The summed E-state index contributed by atoms with van der Waals surface area (Å²) in [5.74, 6) is -0.547. The lowest BCUT2D eigenvalue weighted by molar-refractivity contribution is 0.242. The normalized spacial score (nSPS) is 25.4. The average molecular weight is 376 g/mol. The zero-order valence-corrected chi connectivity index (χ0v) is 15.3. The van der Waals surface area contributed by atoms with E-state index in [1.807, 2.05) is 31.2 Å². The molecule has 3 atom stereocenters. The SMILES string of the molecule is CCc1ccc([C@@H]2[C@H](S(=O)(=O)c3ccc(Cl)cc3)[C@@]2(C#N)CO)cc1. The Kier molecular flexibility index (Phi) is 4.63. The van der Waals surface area contributed by atoms with Crippen molar-refractivity contribution in [2.24, 2.45) is 5.41 Å². The highest BCUT2D eigenvalue weighted by Crippen LogP contribution is 2.63. The van der Waals surface area contributed by atoms with Gasteiger partial charge in [0.05, 0.1) is 22.8 Å². The van der Waals surface area contributed by atoms with Gasteiger partial charge in [0.15, 0.2) is 9.84 Å². The molecular formula is C19H18ClNO3S. The Morgan fingerprint density at radius 1 is 1.16 bits per heavy atom. The molecule has 6 heteroatoms. The van der Waals surface area contributed by atoms with Gasteiger partial charge in [-0.1, -0.05) is 42.8 Å². The van der Waals surface area contributed by atoms with E-state index in [1.165, 1.54) is 24.3 Å². The summed E-state index contributed by atoms with van der Waals surface area (Å²) in [5, 5.41) is 18.9. The van der Waals surface area contributed by atoms with E-state index in [-0.39, 0.29) is 4.90 Å². The molecule has 3 rings (SSSR count). The zero-order valence-electron chi connectivity index (χ0n) is 13.7. The Bertz CT molecular complexity index is 917. The lowest BCUT2D eigenvalue weighted by atomic mass is 10.00. The number of aliphatic hydroxyl groups excluding tert-OH is 1. The predicted molar refractivity (Wildman–Crippen MR) is 96.1 cm³/mol. The first-order valence-electron chi connectivity index (χ1n) is 8.01. The maximum atomic E-state index is 13.0. The maximum Gasteiger partial charge on any atom is 0.183 e. The quantitative estimate of drug-likeness (QED) is 0.869. The molecule has 25 heavy (non-hydrogen) atoms. The van der Waals surface area contributed by atoms with Crippen LogP contribution in [0.4, 0.5) is 0 Å². The second-order valence-corrected chi connectivity index (χ2v) is 8.81. The monoisotopic (exact) mass is 375 g/mol. The number of nitriles is 1. The van der Waals surface area contributed by atoms with Crippen molar-refractivity contribution in [3.05, 3.63) is 64.7 Å². The predicted octanol–water partition coefficient (Wildman–Crippen LogP) is 3.34. The van der Waals surface area contributed by atoms with E-state index in [9.17, 15) is 18.8 Å². The van der Waals surface area contributed by atoms with E-state index in [0.29, 0.717) is 5.02 Å². The summed E-state index contributed by atoms with van der Waals surface area (Å²) in [6, 6.07) is 15.5. The molecule has 2 aromatic carbocycles. The standard InChI is InChI=1S/C19H18ClNO3S/c1-2-13-3-5-14(6-4-13)17-18(19(17,11-21)12-22)25(23,24)16-9-7-15(20)8-10-16/h3-10,17-18,22H,2,12H2,1H3/t17-,18+,19+/m1/s1.